The number of nitrogen functional groups attached to an aromatic ring is 1. The zero-order chi connectivity index (χ0) is 11.0. The maximum absolute atomic E-state index is 5.95. The second-order valence-electron chi connectivity index (χ2n) is 3.72. The predicted molar refractivity (Wildman–Crippen MR) is 66.9 cm³/mol. The fourth-order valence-corrected chi connectivity index (χ4v) is 2.85. The van der Waals surface area contributed by atoms with Crippen LogP contribution < -0.4 is 5.73 Å². The highest BCUT2D eigenvalue weighted by atomic mass is 32.2. The van der Waals surface area contributed by atoms with E-state index in [9.17, 15) is 0 Å². The van der Waals surface area contributed by atoms with Crippen molar-refractivity contribution in [3.8, 4) is 11.4 Å². The molecule has 0 spiro atoms. The summed E-state index contributed by atoms with van der Waals surface area (Å²) in [6, 6.07) is 9.95. The highest BCUT2D eigenvalue weighted by molar-refractivity contribution is 7.98. The average molecular weight is 229 g/mol. The van der Waals surface area contributed by atoms with Gasteiger partial charge in [-0.2, -0.15) is 11.8 Å². The van der Waals surface area contributed by atoms with E-state index in [0.29, 0.717) is 5.82 Å². The Morgan fingerprint density at radius 3 is 2.69 bits per heavy atom. The molecule has 0 amide bonds. The normalized spacial score (nSPS) is 13.8. The van der Waals surface area contributed by atoms with Crippen molar-refractivity contribution in [2.45, 2.75) is 11.5 Å². The lowest BCUT2D eigenvalue weighted by atomic mass is 10.2. The summed E-state index contributed by atoms with van der Waals surface area (Å²) in [5.41, 5.74) is 9.18. The van der Waals surface area contributed by atoms with E-state index in [1.165, 1.54) is 0 Å². The lowest BCUT2D eigenvalue weighted by Gasteiger charge is -2.05. The molecule has 1 aliphatic heterocycles. The number of fused-ring (bicyclic) bond motifs is 1. The minimum Gasteiger partial charge on any atom is -0.383 e. The maximum Gasteiger partial charge on any atom is 0.161 e. The number of hydrogen-bond donors (Lipinski definition) is 1. The molecule has 1 aromatic heterocycles. The zero-order valence-electron chi connectivity index (χ0n) is 8.68. The van der Waals surface area contributed by atoms with Crippen molar-refractivity contribution in [1.29, 1.82) is 0 Å². The molecule has 2 aromatic rings. The first-order valence-corrected chi connectivity index (χ1v) is 6.28. The summed E-state index contributed by atoms with van der Waals surface area (Å²) in [7, 11) is 0. The molecule has 3 nitrogen and oxygen atoms in total. The van der Waals surface area contributed by atoms with Gasteiger partial charge in [-0.25, -0.2) is 9.97 Å². The standard InChI is InChI=1S/C12H11N3S/c13-11-9-6-16-7-10(9)14-12(15-11)8-4-2-1-3-5-8/h1-5H,6-7H2,(H2,13,14,15). The molecule has 0 aliphatic carbocycles. The van der Waals surface area contributed by atoms with Crippen LogP contribution in [0.3, 0.4) is 0 Å². The van der Waals surface area contributed by atoms with E-state index >= 15 is 0 Å². The van der Waals surface area contributed by atoms with Crippen LogP contribution in [-0.4, -0.2) is 9.97 Å². The highest BCUT2D eigenvalue weighted by Gasteiger charge is 2.18. The largest absolute Gasteiger partial charge is 0.383 e. The van der Waals surface area contributed by atoms with E-state index in [0.717, 1.165) is 34.2 Å². The van der Waals surface area contributed by atoms with Crippen LogP contribution in [0.25, 0.3) is 11.4 Å². The number of nitrogens with zero attached hydrogens (tertiary/aromatic N) is 2. The quantitative estimate of drug-likeness (QED) is 0.816. The van der Waals surface area contributed by atoms with Crippen molar-refractivity contribution in [2.75, 3.05) is 5.73 Å². The lowest BCUT2D eigenvalue weighted by Crippen LogP contribution is -2.02. The Morgan fingerprint density at radius 2 is 1.88 bits per heavy atom. The van der Waals surface area contributed by atoms with Gasteiger partial charge in [0.2, 0.25) is 0 Å². The molecule has 1 aromatic carbocycles. The van der Waals surface area contributed by atoms with Gasteiger partial charge in [0.05, 0.1) is 5.69 Å². The van der Waals surface area contributed by atoms with Crippen LogP contribution in [0.5, 0.6) is 0 Å². The fourth-order valence-electron chi connectivity index (χ4n) is 1.79. The fraction of sp³-hybridized carbons (Fsp3) is 0.167. The van der Waals surface area contributed by atoms with Crippen LogP contribution in [-0.2, 0) is 11.5 Å². The second kappa shape index (κ2) is 3.79. The Labute approximate surface area is 98.1 Å². The summed E-state index contributed by atoms with van der Waals surface area (Å²) in [5, 5.41) is 0. The molecule has 0 bridgehead atoms. The molecule has 1 aliphatic rings. The number of aromatic nitrogens is 2. The first-order valence-electron chi connectivity index (χ1n) is 5.13. The van der Waals surface area contributed by atoms with Crippen molar-refractivity contribution in [1.82, 2.24) is 9.97 Å². The summed E-state index contributed by atoms with van der Waals surface area (Å²) in [5.74, 6) is 3.26. The second-order valence-corrected chi connectivity index (χ2v) is 4.70. The third-order valence-electron chi connectivity index (χ3n) is 2.64. The van der Waals surface area contributed by atoms with Gasteiger partial charge in [0.1, 0.15) is 5.82 Å². The van der Waals surface area contributed by atoms with Gasteiger partial charge in [-0.1, -0.05) is 30.3 Å². The van der Waals surface area contributed by atoms with Gasteiger partial charge >= 0.3 is 0 Å². The van der Waals surface area contributed by atoms with Gasteiger partial charge in [-0.15, -0.1) is 0 Å². The lowest BCUT2D eigenvalue weighted by molar-refractivity contribution is 1.08. The molecule has 0 fully saturated rings. The molecule has 0 radical (unpaired) electrons. The van der Waals surface area contributed by atoms with Crippen molar-refractivity contribution < 1.29 is 0 Å². The Bertz CT molecular complexity index is 525. The molecule has 0 saturated heterocycles. The molecule has 16 heavy (non-hydrogen) atoms. The molecule has 3 rings (SSSR count). The summed E-state index contributed by atoms with van der Waals surface area (Å²) in [6.45, 7) is 0. The predicted octanol–water partition coefficient (Wildman–Crippen LogP) is 2.47. The van der Waals surface area contributed by atoms with Crippen LogP contribution in [0.15, 0.2) is 30.3 Å². The summed E-state index contributed by atoms with van der Waals surface area (Å²) in [4.78, 5) is 8.94. The van der Waals surface area contributed by atoms with E-state index in [2.05, 4.69) is 9.97 Å². The monoisotopic (exact) mass is 229 g/mol. The van der Waals surface area contributed by atoms with Gasteiger partial charge in [-0.3, -0.25) is 0 Å². The van der Waals surface area contributed by atoms with Crippen LogP contribution in [0, 0.1) is 0 Å². The van der Waals surface area contributed by atoms with E-state index in [4.69, 9.17) is 5.73 Å². The van der Waals surface area contributed by atoms with Crippen LogP contribution in [0.1, 0.15) is 11.3 Å². The summed E-state index contributed by atoms with van der Waals surface area (Å²) >= 11 is 1.84. The SMILES string of the molecule is Nc1nc(-c2ccccc2)nc2c1CSC2. The summed E-state index contributed by atoms with van der Waals surface area (Å²) in [6.07, 6.45) is 0. The van der Waals surface area contributed by atoms with Gasteiger partial charge in [0.25, 0.3) is 0 Å². The average Bonchev–Trinajstić information content (AvgIpc) is 2.79. The Balaban J connectivity index is 2.13. The third kappa shape index (κ3) is 1.55. The molecule has 0 saturated carbocycles. The number of hydrogen-bond acceptors (Lipinski definition) is 4. The molecule has 2 N–H and O–H groups in total. The number of thioether (sulfide) groups is 1. The first-order chi connectivity index (χ1) is 7.84. The number of rotatable bonds is 1. The van der Waals surface area contributed by atoms with Crippen LogP contribution in [0.4, 0.5) is 5.82 Å². The smallest absolute Gasteiger partial charge is 0.161 e. The minimum absolute atomic E-state index is 0.633. The van der Waals surface area contributed by atoms with Crippen molar-refractivity contribution in [3.63, 3.8) is 0 Å². The Morgan fingerprint density at radius 1 is 1.06 bits per heavy atom. The van der Waals surface area contributed by atoms with Crippen molar-refractivity contribution >= 4 is 17.6 Å². The van der Waals surface area contributed by atoms with Gasteiger partial charge in [0, 0.05) is 22.6 Å². The van der Waals surface area contributed by atoms with Gasteiger partial charge in [-0.05, 0) is 0 Å². The molecule has 0 atom stereocenters. The van der Waals surface area contributed by atoms with Crippen molar-refractivity contribution in [3.05, 3.63) is 41.6 Å². The van der Waals surface area contributed by atoms with E-state index in [1.807, 2.05) is 42.1 Å². The topological polar surface area (TPSA) is 51.8 Å². The van der Waals surface area contributed by atoms with Crippen molar-refractivity contribution in [2.24, 2.45) is 0 Å². The molecule has 0 unspecified atom stereocenters. The number of benzene rings is 1. The molecular formula is C12H11N3S. The van der Waals surface area contributed by atoms with Gasteiger partial charge < -0.3 is 5.73 Å². The summed E-state index contributed by atoms with van der Waals surface area (Å²) < 4.78 is 0. The molecular weight excluding hydrogens is 218 g/mol. The molecule has 4 heteroatoms. The molecule has 2 heterocycles. The van der Waals surface area contributed by atoms with Crippen LogP contribution >= 0.6 is 11.8 Å². The van der Waals surface area contributed by atoms with Gasteiger partial charge in [0.15, 0.2) is 5.82 Å². The minimum atomic E-state index is 0.633. The highest BCUT2D eigenvalue weighted by Crippen LogP contribution is 2.32. The number of anilines is 1. The Hall–Kier alpha value is -1.55. The Kier molecular flexibility index (Phi) is 2.29. The van der Waals surface area contributed by atoms with Crippen LogP contribution in [0.2, 0.25) is 0 Å². The zero-order valence-corrected chi connectivity index (χ0v) is 9.50. The first kappa shape index (κ1) is 9.66. The van der Waals surface area contributed by atoms with E-state index < -0.39 is 0 Å². The maximum atomic E-state index is 5.95. The molecule has 80 valence electrons. The third-order valence-corrected chi connectivity index (χ3v) is 3.61. The van der Waals surface area contributed by atoms with E-state index in [-0.39, 0.29) is 0 Å². The number of nitrogens with two attached hydrogens (primary N) is 1. The van der Waals surface area contributed by atoms with E-state index in [1.54, 1.807) is 0 Å².